The zero-order chi connectivity index (χ0) is 18.2. The van der Waals surface area contributed by atoms with Gasteiger partial charge >= 0.3 is 5.97 Å². The SMILES string of the molecule is CCOc1ccc(C(=O)COC(=O)c2cc(OC)cc(OC)c2)cc1. The fraction of sp³-hybridized carbons (Fsp3) is 0.263. The Balaban J connectivity index is 2.00. The summed E-state index contributed by atoms with van der Waals surface area (Å²) in [5, 5.41) is 0. The van der Waals surface area contributed by atoms with E-state index in [1.807, 2.05) is 6.92 Å². The molecular formula is C19H20O6. The molecule has 6 nitrogen and oxygen atoms in total. The summed E-state index contributed by atoms with van der Waals surface area (Å²) in [5.41, 5.74) is 0.690. The fourth-order valence-electron chi connectivity index (χ4n) is 2.13. The second kappa shape index (κ2) is 8.73. The monoisotopic (exact) mass is 344 g/mol. The lowest BCUT2D eigenvalue weighted by Gasteiger charge is -2.09. The van der Waals surface area contributed by atoms with Gasteiger partial charge in [0.2, 0.25) is 0 Å². The van der Waals surface area contributed by atoms with Crippen LogP contribution in [0.3, 0.4) is 0 Å². The quantitative estimate of drug-likeness (QED) is 0.541. The van der Waals surface area contributed by atoms with Crippen LogP contribution in [0.15, 0.2) is 42.5 Å². The number of carbonyl (C=O) groups excluding carboxylic acids is 2. The molecule has 0 bridgehead atoms. The molecular weight excluding hydrogens is 324 g/mol. The molecule has 0 aliphatic heterocycles. The van der Waals surface area contributed by atoms with Crippen molar-refractivity contribution in [3.8, 4) is 17.2 Å². The minimum Gasteiger partial charge on any atom is -0.497 e. The molecule has 0 saturated carbocycles. The molecule has 0 atom stereocenters. The Morgan fingerprint density at radius 3 is 1.96 bits per heavy atom. The summed E-state index contributed by atoms with van der Waals surface area (Å²) in [6, 6.07) is 11.3. The minimum absolute atomic E-state index is 0.246. The van der Waals surface area contributed by atoms with Crippen LogP contribution in [-0.4, -0.2) is 39.2 Å². The maximum Gasteiger partial charge on any atom is 0.338 e. The predicted octanol–water partition coefficient (Wildman–Crippen LogP) is 3.14. The summed E-state index contributed by atoms with van der Waals surface area (Å²) in [6.45, 7) is 2.08. The summed E-state index contributed by atoms with van der Waals surface area (Å²) >= 11 is 0. The number of carbonyl (C=O) groups is 2. The molecule has 2 aromatic carbocycles. The molecule has 0 heterocycles. The molecule has 2 rings (SSSR count). The van der Waals surface area contributed by atoms with Crippen molar-refractivity contribution in [2.24, 2.45) is 0 Å². The topological polar surface area (TPSA) is 71.1 Å². The van der Waals surface area contributed by atoms with Crippen molar-refractivity contribution < 1.29 is 28.5 Å². The highest BCUT2D eigenvalue weighted by atomic mass is 16.5. The zero-order valence-corrected chi connectivity index (χ0v) is 14.4. The normalized spacial score (nSPS) is 10.0. The van der Waals surface area contributed by atoms with Crippen molar-refractivity contribution in [3.63, 3.8) is 0 Å². The first kappa shape index (κ1) is 18.3. The molecule has 0 unspecified atom stereocenters. The number of hydrogen-bond donors (Lipinski definition) is 0. The van der Waals surface area contributed by atoms with Gasteiger partial charge in [-0.2, -0.15) is 0 Å². The van der Waals surface area contributed by atoms with Gasteiger partial charge in [0.15, 0.2) is 12.4 Å². The Bertz CT molecular complexity index is 714. The summed E-state index contributed by atoms with van der Waals surface area (Å²) < 4.78 is 20.6. The number of Topliss-reactive ketones (excluding diaryl/α,β-unsaturated/α-hetero) is 1. The van der Waals surface area contributed by atoms with E-state index in [-0.39, 0.29) is 18.0 Å². The molecule has 0 spiro atoms. The number of rotatable bonds is 8. The maximum absolute atomic E-state index is 12.2. The number of ether oxygens (including phenoxy) is 4. The van der Waals surface area contributed by atoms with Gasteiger partial charge in [-0.3, -0.25) is 4.79 Å². The van der Waals surface area contributed by atoms with Gasteiger partial charge in [-0.05, 0) is 43.3 Å². The summed E-state index contributed by atoms with van der Waals surface area (Å²) in [6.07, 6.45) is 0. The Morgan fingerprint density at radius 1 is 0.840 bits per heavy atom. The van der Waals surface area contributed by atoms with Crippen molar-refractivity contribution in [2.75, 3.05) is 27.4 Å². The third kappa shape index (κ3) is 4.97. The molecule has 0 saturated heterocycles. The van der Waals surface area contributed by atoms with Crippen LogP contribution in [0.1, 0.15) is 27.6 Å². The number of ketones is 1. The van der Waals surface area contributed by atoms with Gasteiger partial charge in [-0.25, -0.2) is 4.79 Å². The highest BCUT2D eigenvalue weighted by molar-refractivity contribution is 5.99. The van der Waals surface area contributed by atoms with E-state index in [2.05, 4.69) is 0 Å². The third-order valence-electron chi connectivity index (χ3n) is 3.41. The first-order valence-electron chi connectivity index (χ1n) is 7.73. The molecule has 132 valence electrons. The van der Waals surface area contributed by atoms with Gasteiger partial charge in [0, 0.05) is 11.6 Å². The van der Waals surface area contributed by atoms with Crippen molar-refractivity contribution >= 4 is 11.8 Å². The third-order valence-corrected chi connectivity index (χ3v) is 3.41. The summed E-state index contributed by atoms with van der Waals surface area (Å²) in [5.74, 6) is 0.676. The van der Waals surface area contributed by atoms with Crippen LogP contribution in [0.5, 0.6) is 17.2 Å². The van der Waals surface area contributed by atoms with Crippen LogP contribution in [0.4, 0.5) is 0 Å². The summed E-state index contributed by atoms with van der Waals surface area (Å²) in [4.78, 5) is 24.3. The first-order valence-corrected chi connectivity index (χ1v) is 7.73. The van der Waals surface area contributed by atoms with Gasteiger partial charge < -0.3 is 18.9 Å². The van der Waals surface area contributed by atoms with Crippen LogP contribution in [-0.2, 0) is 4.74 Å². The van der Waals surface area contributed by atoms with E-state index in [1.165, 1.54) is 26.4 Å². The number of methoxy groups -OCH3 is 2. The molecule has 6 heteroatoms. The standard InChI is InChI=1S/C19H20O6/c1-4-24-15-7-5-13(6-8-15)18(20)12-25-19(21)14-9-16(22-2)11-17(10-14)23-3/h5-11H,4,12H2,1-3H3. The van der Waals surface area contributed by atoms with Crippen LogP contribution in [0, 0.1) is 0 Å². The van der Waals surface area contributed by atoms with Gasteiger partial charge in [0.1, 0.15) is 17.2 Å². The second-order valence-electron chi connectivity index (χ2n) is 5.06. The lowest BCUT2D eigenvalue weighted by Crippen LogP contribution is -2.14. The van der Waals surface area contributed by atoms with Gasteiger partial charge in [0.25, 0.3) is 0 Å². The predicted molar refractivity (Wildman–Crippen MR) is 91.8 cm³/mol. The van der Waals surface area contributed by atoms with Gasteiger partial charge in [0.05, 0.1) is 26.4 Å². The summed E-state index contributed by atoms with van der Waals surface area (Å²) in [7, 11) is 2.97. The van der Waals surface area contributed by atoms with E-state index in [1.54, 1.807) is 30.3 Å². The average molecular weight is 344 g/mol. The maximum atomic E-state index is 12.2. The molecule has 0 amide bonds. The van der Waals surface area contributed by atoms with Crippen molar-refractivity contribution in [2.45, 2.75) is 6.92 Å². The van der Waals surface area contributed by atoms with E-state index >= 15 is 0 Å². The Hall–Kier alpha value is -3.02. The molecule has 0 N–H and O–H groups in total. The first-order chi connectivity index (χ1) is 12.1. The van der Waals surface area contributed by atoms with E-state index in [0.717, 1.165) is 0 Å². The fourth-order valence-corrected chi connectivity index (χ4v) is 2.13. The Labute approximate surface area is 146 Å². The largest absolute Gasteiger partial charge is 0.497 e. The molecule has 0 radical (unpaired) electrons. The van der Waals surface area contributed by atoms with Crippen molar-refractivity contribution in [1.82, 2.24) is 0 Å². The van der Waals surface area contributed by atoms with Crippen LogP contribution in [0.25, 0.3) is 0 Å². The molecule has 0 fully saturated rings. The molecule has 0 aromatic heterocycles. The van der Waals surface area contributed by atoms with Gasteiger partial charge in [-0.1, -0.05) is 0 Å². The lowest BCUT2D eigenvalue weighted by atomic mass is 10.1. The number of hydrogen-bond acceptors (Lipinski definition) is 6. The minimum atomic E-state index is -0.628. The van der Waals surface area contributed by atoms with Gasteiger partial charge in [-0.15, -0.1) is 0 Å². The van der Waals surface area contributed by atoms with E-state index in [9.17, 15) is 9.59 Å². The van der Waals surface area contributed by atoms with Crippen LogP contribution >= 0.6 is 0 Å². The van der Waals surface area contributed by atoms with E-state index in [4.69, 9.17) is 18.9 Å². The van der Waals surface area contributed by atoms with Crippen molar-refractivity contribution in [1.29, 1.82) is 0 Å². The molecule has 0 aliphatic carbocycles. The van der Waals surface area contributed by atoms with E-state index in [0.29, 0.717) is 29.4 Å². The molecule has 25 heavy (non-hydrogen) atoms. The van der Waals surface area contributed by atoms with Crippen LogP contribution < -0.4 is 14.2 Å². The highest BCUT2D eigenvalue weighted by Crippen LogP contribution is 2.23. The number of esters is 1. The zero-order valence-electron chi connectivity index (χ0n) is 14.4. The molecule has 2 aromatic rings. The lowest BCUT2D eigenvalue weighted by molar-refractivity contribution is 0.0474. The van der Waals surface area contributed by atoms with E-state index < -0.39 is 5.97 Å². The smallest absolute Gasteiger partial charge is 0.338 e. The van der Waals surface area contributed by atoms with Crippen molar-refractivity contribution in [3.05, 3.63) is 53.6 Å². The molecule has 0 aliphatic rings. The Morgan fingerprint density at radius 2 is 1.44 bits per heavy atom. The Kier molecular flexibility index (Phi) is 6.39. The van der Waals surface area contributed by atoms with Crippen LogP contribution in [0.2, 0.25) is 0 Å². The second-order valence-corrected chi connectivity index (χ2v) is 5.06. The number of benzene rings is 2. The highest BCUT2D eigenvalue weighted by Gasteiger charge is 2.14. The average Bonchev–Trinajstić information content (AvgIpc) is 2.66.